The van der Waals surface area contributed by atoms with Gasteiger partial charge in [0.15, 0.2) is 5.96 Å². The summed E-state index contributed by atoms with van der Waals surface area (Å²) in [6.45, 7) is 7.97. The van der Waals surface area contributed by atoms with Crippen molar-refractivity contribution in [3.8, 4) is 0 Å². The summed E-state index contributed by atoms with van der Waals surface area (Å²) in [5.41, 5.74) is 2.79. The van der Waals surface area contributed by atoms with Crippen molar-refractivity contribution in [2.24, 2.45) is 16.8 Å². The molecule has 27 heavy (non-hydrogen) atoms. The van der Waals surface area contributed by atoms with Gasteiger partial charge in [0.25, 0.3) is 0 Å². The van der Waals surface area contributed by atoms with Crippen molar-refractivity contribution in [2.45, 2.75) is 38.8 Å². The Labute approximate surface area is 163 Å². The smallest absolute Gasteiger partial charge is 0.193 e. The summed E-state index contributed by atoms with van der Waals surface area (Å²) in [6.07, 6.45) is 5.63. The number of guanidine groups is 1. The molecule has 2 unspecified atom stereocenters. The summed E-state index contributed by atoms with van der Waals surface area (Å²) in [4.78, 5) is 9.57. The zero-order valence-electron chi connectivity index (χ0n) is 16.7. The van der Waals surface area contributed by atoms with E-state index in [9.17, 15) is 0 Å². The first kappa shape index (κ1) is 18.8. The summed E-state index contributed by atoms with van der Waals surface area (Å²) >= 11 is 0. The number of aliphatic imine (C=N–C) groups is 1. The molecule has 2 aliphatic heterocycles. The topological polar surface area (TPSA) is 40.1 Å². The van der Waals surface area contributed by atoms with Crippen molar-refractivity contribution in [1.29, 1.82) is 0 Å². The van der Waals surface area contributed by atoms with E-state index < -0.39 is 0 Å². The van der Waals surface area contributed by atoms with Crippen molar-refractivity contribution in [1.82, 2.24) is 15.1 Å². The Balaban J connectivity index is 1.36. The number of hydrogen-bond acceptors (Lipinski definition) is 3. The second kappa shape index (κ2) is 9.07. The molecule has 5 heteroatoms. The van der Waals surface area contributed by atoms with Crippen LogP contribution in [0.25, 0.3) is 0 Å². The van der Waals surface area contributed by atoms with Crippen molar-refractivity contribution in [2.75, 3.05) is 46.4 Å². The number of rotatable bonds is 4. The first-order chi connectivity index (χ1) is 13.3. The lowest BCUT2D eigenvalue weighted by atomic mass is 9.82. The van der Waals surface area contributed by atoms with Crippen LogP contribution < -0.4 is 5.32 Å². The SMILES string of the molecule is CN=C(NCc1ccccc1CN1CCOCC1)N1CC2CCCCC2C1. The predicted molar refractivity (Wildman–Crippen MR) is 110 cm³/mol. The Bertz CT molecular complexity index is 627. The summed E-state index contributed by atoms with van der Waals surface area (Å²) in [6, 6.07) is 8.81. The third kappa shape index (κ3) is 4.64. The molecule has 4 rings (SSSR count). The zero-order valence-corrected chi connectivity index (χ0v) is 16.7. The van der Waals surface area contributed by atoms with Crippen LogP contribution in [0, 0.1) is 11.8 Å². The molecule has 0 spiro atoms. The van der Waals surface area contributed by atoms with Gasteiger partial charge in [-0.05, 0) is 35.8 Å². The van der Waals surface area contributed by atoms with E-state index in [0.29, 0.717) is 0 Å². The number of ether oxygens (including phenoxy) is 1. The highest BCUT2D eigenvalue weighted by atomic mass is 16.5. The van der Waals surface area contributed by atoms with Gasteiger partial charge in [0.2, 0.25) is 0 Å². The molecule has 3 fully saturated rings. The average Bonchev–Trinajstić information content (AvgIpc) is 3.14. The van der Waals surface area contributed by atoms with Crippen molar-refractivity contribution in [3.05, 3.63) is 35.4 Å². The quantitative estimate of drug-likeness (QED) is 0.653. The fraction of sp³-hybridized carbons (Fsp3) is 0.682. The highest BCUT2D eigenvalue weighted by Crippen LogP contribution is 2.35. The van der Waals surface area contributed by atoms with Gasteiger partial charge in [0, 0.05) is 46.3 Å². The Hall–Kier alpha value is -1.59. The van der Waals surface area contributed by atoms with Gasteiger partial charge in [-0.1, -0.05) is 37.1 Å². The van der Waals surface area contributed by atoms with Gasteiger partial charge in [0.05, 0.1) is 13.2 Å². The van der Waals surface area contributed by atoms with Crippen LogP contribution >= 0.6 is 0 Å². The zero-order chi connectivity index (χ0) is 18.5. The largest absolute Gasteiger partial charge is 0.379 e. The summed E-state index contributed by atoms with van der Waals surface area (Å²) in [5.74, 6) is 2.84. The van der Waals surface area contributed by atoms with Gasteiger partial charge < -0.3 is 15.0 Å². The molecule has 1 aromatic rings. The van der Waals surface area contributed by atoms with E-state index in [-0.39, 0.29) is 0 Å². The fourth-order valence-electron chi connectivity index (χ4n) is 4.97. The van der Waals surface area contributed by atoms with E-state index in [1.54, 1.807) is 0 Å². The fourth-order valence-corrected chi connectivity index (χ4v) is 4.97. The third-order valence-corrected chi connectivity index (χ3v) is 6.54. The van der Waals surface area contributed by atoms with E-state index in [0.717, 1.165) is 57.2 Å². The predicted octanol–water partition coefficient (Wildman–Crippen LogP) is 2.72. The molecule has 148 valence electrons. The van der Waals surface area contributed by atoms with Gasteiger partial charge in [0.1, 0.15) is 0 Å². The van der Waals surface area contributed by atoms with E-state index in [2.05, 4.69) is 44.4 Å². The molecule has 2 atom stereocenters. The van der Waals surface area contributed by atoms with Gasteiger partial charge in [-0.2, -0.15) is 0 Å². The molecule has 0 radical (unpaired) electrons. The lowest BCUT2D eigenvalue weighted by Gasteiger charge is -2.28. The molecule has 1 aliphatic carbocycles. The first-order valence-corrected chi connectivity index (χ1v) is 10.7. The van der Waals surface area contributed by atoms with Crippen LogP contribution in [0.5, 0.6) is 0 Å². The molecule has 0 amide bonds. The number of hydrogen-bond donors (Lipinski definition) is 1. The van der Waals surface area contributed by atoms with Crippen LogP contribution in [0.3, 0.4) is 0 Å². The molecule has 1 aromatic carbocycles. The summed E-state index contributed by atoms with van der Waals surface area (Å²) < 4.78 is 5.48. The molecule has 0 bridgehead atoms. The third-order valence-electron chi connectivity index (χ3n) is 6.54. The molecular formula is C22H34N4O. The molecular weight excluding hydrogens is 336 g/mol. The number of likely N-dealkylation sites (tertiary alicyclic amines) is 1. The van der Waals surface area contributed by atoms with Gasteiger partial charge in [-0.25, -0.2) is 0 Å². The molecule has 0 aromatic heterocycles. The Morgan fingerprint density at radius 2 is 1.74 bits per heavy atom. The maximum Gasteiger partial charge on any atom is 0.193 e. The molecule has 3 aliphatic rings. The van der Waals surface area contributed by atoms with Gasteiger partial charge in [-0.15, -0.1) is 0 Å². The van der Waals surface area contributed by atoms with Crippen LogP contribution in [0.2, 0.25) is 0 Å². The minimum absolute atomic E-state index is 0.846. The normalized spacial score (nSPS) is 26.9. The van der Waals surface area contributed by atoms with Crippen LogP contribution in [0.15, 0.2) is 29.3 Å². The van der Waals surface area contributed by atoms with Crippen molar-refractivity contribution >= 4 is 5.96 Å². The van der Waals surface area contributed by atoms with Crippen molar-refractivity contribution < 1.29 is 4.74 Å². The Morgan fingerprint density at radius 1 is 1.07 bits per heavy atom. The second-order valence-corrected chi connectivity index (χ2v) is 8.27. The van der Waals surface area contributed by atoms with Gasteiger partial charge in [-0.3, -0.25) is 9.89 Å². The van der Waals surface area contributed by atoms with Gasteiger partial charge >= 0.3 is 0 Å². The van der Waals surface area contributed by atoms with E-state index in [1.165, 1.54) is 49.9 Å². The highest BCUT2D eigenvalue weighted by Gasteiger charge is 2.35. The maximum atomic E-state index is 5.48. The highest BCUT2D eigenvalue weighted by molar-refractivity contribution is 5.80. The monoisotopic (exact) mass is 370 g/mol. The first-order valence-electron chi connectivity index (χ1n) is 10.7. The molecule has 2 heterocycles. The Morgan fingerprint density at radius 3 is 2.41 bits per heavy atom. The molecule has 1 N–H and O–H groups in total. The van der Waals surface area contributed by atoms with Crippen LogP contribution in [-0.4, -0.2) is 62.2 Å². The van der Waals surface area contributed by atoms with Crippen LogP contribution in [0.4, 0.5) is 0 Å². The summed E-state index contributed by atoms with van der Waals surface area (Å²) in [7, 11) is 1.92. The number of benzene rings is 1. The number of fused-ring (bicyclic) bond motifs is 1. The second-order valence-electron chi connectivity index (χ2n) is 8.27. The maximum absolute atomic E-state index is 5.48. The Kier molecular flexibility index (Phi) is 6.30. The lowest BCUT2D eigenvalue weighted by molar-refractivity contribution is 0.0341. The molecule has 1 saturated carbocycles. The molecule has 2 saturated heterocycles. The average molecular weight is 371 g/mol. The minimum atomic E-state index is 0.846. The van der Waals surface area contributed by atoms with Crippen molar-refractivity contribution in [3.63, 3.8) is 0 Å². The number of nitrogens with one attached hydrogen (secondary N) is 1. The standard InChI is InChI=1S/C22H34N4O/c1-23-22(26-16-20-8-4-5-9-21(20)17-26)24-14-18-6-2-3-7-19(18)15-25-10-12-27-13-11-25/h2-3,6-7,20-21H,4-5,8-17H2,1H3,(H,23,24). The minimum Gasteiger partial charge on any atom is -0.379 e. The van der Waals surface area contributed by atoms with Crippen LogP contribution in [0.1, 0.15) is 36.8 Å². The number of nitrogens with zero attached hydrogens (tertiary/aromatic N) is 3. The van der Waals surface area contributed by atoms with E-state index >= 15 is 0 Å². The van der Waals surface area contributed by atoms with E-state index in [1.807, 2.05) is 7.05 Å². The molecule has 5 nitrogen and oxygen atoms in total. The summed E-state index contributed by atoms with van der Waals surface area (Å²) in [5, 5.41) is 3.65. The van der Waals surface area contributed by atoms with Crippen LogP contribution in [-0.2, 0) is 17.8 Å². The number of morpholine rings is 1. The van der Waals surface area contributed by atoms with E-state index in [4.69, 9.17) is 4.74 Å². The lowest BCUT2D eigenvalue weighted by Crippen LogP contribution is -2.40.